The summed E-state index contributed by atoms with van der Waals surface area (Å²) < 4.78 is 2.15. The van der Waals surface area contributed by atoms with Crippen LogP contribution in [0, 0.1) is 0 Å². The second-order valence-corrected chi connectivity index (χ2v) is 16.9. The first-order chi connectivity index (χ1) is 33.2. The van der Waals surface area contributed by atoms with Gasteiger partial charge in [0.25, 0.3) is 0 Å². The number of rotatable bonds is 9. The third-order valence-electron chi connectivity index (χ3n) is 12.6. The first-order valence-corrected chi connectivity index (χ1v) is 22.7. The SMILES string of the molecule is c1ccc(-c2cccc(-c3cc(-c4cccc(-c5ccccc5)c4)nc(-c4cccc(-c5ccc6c(c5)cc(-c5ccccc5)n5nc(-c7ccccc7)c(-c7ccccc7)c65)c4)n3)c2)cc1. The van der Waals surface area contributed by atoms with E-state index < -0.39 is 0 Å². The van der Waals surface area contributed by atoms with Gasteiger partial charge in [0.05, 0.1) is 22.6 Å². The monoisotopic (exact) mass is 854 g/mol. The summed E-state index contributed by atoms with van der Waals surface area (Å²) in [5, 5.41) is 7.67. The maximum atomic E-state index is 5.41. The summed E-state index contributed by atoms with van der Waals surface area (Å²) in [7, 11) is 0. The third kappa shape index (κ3) is 7.67. The van der Waals surface area contributed by atoms with Crippen molar-refractivity contribution in [2.45, 2.75) is 0 Å². The number of benzene rings is 9. The Morgan fingerprint density at radius 2 is 0.701 bits per heavy atom. The first-order valence-electron chi connectivity index (χ1n) is 22.7. The molecule has 0 aliphatic carbocycles. The summed E-state index contributed by atoms with van der Waals surface area (Å²) in [6.45, 7) is 0. The highest BCUT2D eigenvalue weighted by atomic mass is 15.2. The Balaban J connectivity index is 1.02. The van der Waals surface area contributed by atoms with Gasteiger partial charge in [-0.2, -0.15) is 5.10 Å². The fourth-order valence-electron chi connectivity index (χ4n) is 9.31. The molecule has 12 aromatic rings. The third-order valence-corrected chi connectivity index (χ3v) is 12.6. The molecule has 0 aliphatic heterocycles. The van der Waals surface area contributed by atoms with E-state index in [0.29, 0.717) is 5.82 Å². The van der Waals surface area contributed by atoms with Crippen LogP contribution in [0.25, 0.3) is 117 Å². The Bertz CT molecular complexity index is 3610. The molecule has 3 heterocycles. The molecule has 0 aliphatic rings. The van der Waals surface area contributed by atoms with Crippen molar-refractivity contribution in [1.29, 1.82) is 0 Å². The second kappa shape index (κ2) is 17.2. The van der Waals surface area contributed by atoms with Gasteiger partial charge in [0.2, 0.25) is 0 Å². The molecular formula is C63H42N4. The van der Waals surface area contributed by atoms with Gasteiger partial charge in [-0.15, -0.1) is 0 Å². The topological polar surface area (TPSA) is 43.1 Å². The van der Waals surface area contributed by atoms with Gasteiger partial charge in [0.1, 0.15) is 5.69 Å². The fraction of sp³-hybridized carbons (Fsp3) is 0. The van der Waals surface area contributed by atoms with E-state index in [0.717, 1.165) is 111 Å². The first kappa shape index (κ1) is 39.6. The minimum Gasteiger partial charge on any atom is -0.231 e. The van der Waals surface area contributed by atoms with Crippen LogP contribution in [0.2, 0.25) is 0 Å². The summed E-state index contributed by atoms with van der Waals surface area (Å²) in [4.78, 5) is 10.6. The fourth-order valence-corrected chi connectivity index (χ4v) is 9.31. The highest BCUT2D eigenvalue weighted by molar-refractivity contribution is 6.09. The lowest BCUT2D eigenvalue weighted by Crippen LogP contribution is -1.97. The Kier molecular flexibility index (Phi) is 10.2. The molecular weight excluding hydrogens is 813 g/mol. The molecule has 4 heteroatoms. The van der Waals surface area contributed by atoms with Gasteiger partial charge in [-0.25, -0.2) is 14.5 Å². The van der Waals surface area contributed by atoms with Crippen molar-refractivity contribution in [3.8, 4) is 101 Å². The van der Waals surface area contributed by atoms with Crippen LogP contribution in [0.4, 0.5) is 0 Å². The van der Waals surface area contributed by atoms with Gasteiger partial charge in [0, 0.05) is 38.8 Å². The van der Waals surface area contributed by atoms with Gasteiger partial charge >= 0.3 is 0 Å². The molecule has 314 valence electrons. The average molecular weight is 855 g/mol. The lowest BCUT2D eigenvalue weighted by molar-refractivity contribution is 0.979. The van der Waals surface area contributed by atoms with Gasteiger partial charge in [-0.3, -0.25) is 0 Å². The van der Waals surface area contributed by atoms with E-state index in [1.165, 1.54) is 0 Å². The van der Waals surface area contributed by atoms with Crippen LogP contribution in [0.15, 0.2) is 255 Å². The van der Waals surface area contributed by atoms with E-state index in [1.807, 2.05) is 0 Å². The Hall–Kier alpha value is -8.99. The maximum Gasteiger partial charge on any atom is 0.160 e. The quantitative estimate of drug-likeness (QED) is 0.145. The normalized spacial score (nSPS) is 11.3. The summed E-state index contributed by atoms with van der Waals surface area (Å²) in [6.07, 6.45) is 0. The van der Waals surface area contributed by atoms with Crippen molar-refractivity contribution >= 4 is 16.3 Å². The van der Waals surface area contributed by atoms with Gasteiger partial charge in [-0.05, 0) is 80.7 Å². The molecule has 4 nitrogen and oxygen atoms in total. The van der Waals surface area contributed by atoms with Crippen LogP contribution in [0.3, 0.4) is 0 Å². The van der Waals surface area contributed by atoms with Crippen molar-refractivity contribution in [2.75, 3.05) is 0 Å². The van der Waals surface area contributed by atoms with Gasteiger partial charge < -0.3 is 0 Å². The standard InChI is InChI=1S/C63H42N4/c1-6-19-43(20-7-1)48-29-16-32-52(37-48)57-42-58(53-33-17-30-49(38-53)44-21-8-2-9-22-44)65-63(64-57)54-34-18-31-50(39-54)51-35-36-56-55(40-51)41-59(45-23-10-3-11-24-45)67-62(56)60(46-25-12-4-13-26-46)61(66-67)47-27-14-5-15-28-47/h1-42H. The molecule has 0 fully saturated rings. The molecule has 0 unspecified atom stereocenters. The van der Waals surface area contributed by atoms with E-state index >= 15 is 0 Å². The molecule has 0 atom stereocenters. The van der Waals surface area contributed by atoms with E-state index in [4.69, 9.17) is 15.1 Å². The summed E-state index contributed by atoms with van der Waals surface area (Å²) >= 11 is 0. The molecule has 0 amide bonds. The van der Waals surface area contributed by atoms with E-state index in [2.05, 4.69) is 259 Å². The van der Waals surface area contributed by atoms with Crippen LogP contribution >= 0.6 is 0 Å². The largest absolute Gasteiger partial charge is 0.231 e. The zero-order chi connectivity index (χ0) is 44.5. The van der Waals surface area contributed by atoms with E-state index in [-0.39, 0.29) is 0 Å². The van der Waals surface area contributed by atoms with E-state index in [1.54, 1.807) is 0 Å². The zero-order valence-electron chi connectivity index (χ0n) is 36.5. The minimum atomic E-state index is 0.665. The average Bonchev–Trinajstić information content (AvgIpc) is 3.83. The minimum absolute atomic E-state index is 0.665. The molecule has 0 N–H and O–H groups in total. The summed E-state index contributed by atoms with van der Waals surface area (Å²) in [5.41, 5.74) is 19.0. The molecule has 0 saturated heterocycles. The maximum absolute atomic E-state index is 5.41. The Morgan fingerprint density at radius 3 is 1.25 bits per heavy atom. The molecule has 3 aromatic heterocycles. The van der Waals surface area contributed by atoms with Gasteiger partial charge in [0.15, 0.2) is 5.82 Å². The molecule has 0 radical (unpaired) electrons. The predicted octanol–water partition coefficient (Wildman–Crippen LogP) is 16.3. The number of pyridine rings is 1. The summed E-state index contributed by atoms with van der Waals surface area (Å²) in [6, 6.07) is 89.9. The Morgan fingerprint density at radius 1 is 0.284 bits per heavy atom. The van der Waals surface area contributed by atoms with Crippen molar-refractivity contribution in [3.63, 3.8) is 0 Å². The molecule has 67 heavy (non-hydrogen) atoms. The van der Waals surface area contributed by atoms with Crippen molar-refractivity contribution < 1.29 is 0 Å². The molecule has 9 aromatic carbocycles. The highest BCUT2D eigenvalue weighted by Gasteiger charge is 2.22. The number of nitrogens with zero attached hydrogens (tertiary/aromatic N) is 4. The van der Waals surface area contributed by atoms with Crippen LogP contribution in [-0.2, 0) is 0 Å². The predicted molar refractivity (Wildman–Crippen MR) is 277 cm³/mol. The van der Waals surface area contributed by atoms with Crippen LogP contribution in [-0.4, -0.2) is 19.6 Å². The highest BCUT2D eigenvalue weighted by Crippen LogP contribution is 2.42. The second-order valence-electron chi connectivity index (χ2n) is 16.9. The summed E-state index contributed by atoms with van der Waals surface area (Å²) in [5.74, 6) is 0.665. The van der Waals surface area contributed by atoms with Crippen LogP contribution in [0.5, 0.6) is 0 Å². The van der Waals surface area contributed by atoms with Crippen LogP contribution < -0.4 is 0 Å². The van der Waals surface area contributed by atoms with Crippen molar-refractivity contribution in [3.05, 3.63) is 255 Å². The Labute approximate surface area is 389 Å². The zero-order valence-corrected chi connectivity index (χ0v) is 36.5. The number of fused-ring (bicyclic) bond motifs is 3. The van der Waals surface area contributed by atoms with Gasteiger partial charge in [-0.1, -0.05) is 218 Å². The smallest absolute Gasteiger partial charge is 0.160 e. The lowest BCUT2D eigenvalue weighted by atomic mass is 9.95. The molecule has 0 saturated carbocycles. The molecule has 12 rings (SSSR count). The number of hydrogen-bond donors (Lipinski definition) is 0. The lowest BCUT2D eigenvalue weighted by Gasteiger charge is -2.13. The van der Waals surface area contributed by atoms with E-state index in [9.17, 15) is 0 Å². The molecule has 0 bridgehead atoms. The number of hydrogen-bond acceptors (Lipinski definition) is 3. The van der Waals surface area contributed by atoms with Crippen molar-refractivity contribution in [1.82, 2.24) is 19.6 Å². The number of aromatic nitrogens is 4. The molecule has 0 spiro atoms. The van der Waals surface area contributed by atoms with Crippen LogP contribution in [0.1, 0.15) is 0 Å². The van der Waals surface area contributed by atoms with Crippen molar-refractivity contribution in [2.24, 2.45) is 0 Å².